The first-order valence-electron chi connectivity index (χ1n) is 6.35. The van der Waals surface area contributed by atoms with E-state index >= 15 is 0 Å². The van der Waals surface area contributed by atoms with Crippen molar-refractivity contribution in [3.8, 4) is 11.1 Å². The molecule has 2 aromatic rings. The number of nitrogens with zero attached hydrogens (tertiary/aromatic N) is 1. The van der Waals surface area contributed by atoms with E-state index in [2.05, 4.69) is 4.74 Å². The van der Waals surface area contributed by atoms with Crippen LogP contribution in [0.15, 0.2) is 36.4 Å². The zero-order valence-electron chi connectivity index (χ0n) is 11.5. The van der Waals surface area contributed by atoms with Crippen LogP contribution in [0.2, 0.25) is 0 Å². The van der Waals surface area contributed by atoms with Gasteiger partial charge in [-0.1, -0.05) is 18.2 Å². The minimum absolute atomic E-state index is 0.0450. The summed E-state index contributed by atoms with van der Waals surface area (Å²) >= 11 is 0. The van der Waals surface area contributed by atoms with Crippen molar-refractivity contribution >= 4 is 11.7 Å². The normalized spacial score (nSPS) is 10.3. The van der Waals surface area contributed by atoms with Crippen molar-refractivity contribution in [2.75, 3.05) is 6.61 Å². The maximum absolute atomic E-state index is 14.3. The van der Waals surface area contributed by atoms with E-state index in [1.165, 1.54) is 18.2 Å². The number of benzene rings is 2. The van der Waals surface area contributed by atoms with Crippen LogP contribution in [0.3, 0.4) is 0 Å². The molecule has 22 heavy (non-hydrogen) atoms. The highest BCUT2D eigenvalue weighted by molar-refractivity contribution is 5.92. The molecule has 0 amide bonds. The number of carbonyl (C=O) groups excluding carboxylic acids is 1. The largest absolute Gasteiger partial charge is 0.462 e. The van der Waals surface area contributed by atoms with Crippen LogP contribution in [0, 0.1) is 21.7 Å². The second kappa shape index (κ2) is 6.30. The Bertz CT molecular complexity index is 746. The molecule has 5 nitrogen and oxygen atoms in total. The minimum atomic E-state index is -1.07. The van der Waals surface area contributed by atoms with E-state index in [0.717, 1.165) is 18.2 Å². The number of rotatable bonds is 4. The third-order valence-corrected chi connectivity index (χ3v) is 2.92. The van der Waals surface area contributed by atoms with Crippen LogP contribution in [0.25, 0.3) is 11.1 Å². The summed E-state index contributed by atoms with van der Waals surface area (Å²) < 4.78 is 32.7. The Morgan fingerprint density at radius 1 is 1.23 bits per heavy atom. The number of halogens is 2. The standard InChI is InChI=1S/C15H11F2NO4/c1-2-22-15(19)9-7-12(17)14(13(8-9)18(20)21)10-5-3-4-6-11(10)16/h3-8H,2H2,1H3. The molecule has 0 spiro atoms. The van der Waals surface area contributed by atoms with Gasteiger partial charge in [-0.2, -0.15) is 0 Å². The molecule has 2 rings (SSSR count). The fourth-order valence-corrected chi connectivity index (χ4v) is 2.00. The van der Waals surface area contributed by atoms with E-state index in [1.54, 1.807) is 6.92 Å². The van der Waals surface area contributed by atoms with Crippen LogP contribution >= 0.6 is 0 Å². The Hall–Kier alpha value is -2.83. The predicted molar refractivity (Wildman–Crippen MR) is 74.4 cm³/mol. The first-order chi connectivity index (χ1) is 10.5. The van der Waals surface area contributed by atoms with Crippen molar-refractivity contribution < 1.29 is 23.2 Å². The average molecular weight is 307 g/mol. The number of ether oxygens (including phenoxy) is 1. The lowest BCUT2D eigenvalue weighted by Crippen LogP contribution is -2.07. The summed E-state index contributed by atoms with van der Waals surface area (Å²) in [6.07, 6.45) is 0. The van der Waals surface area contributed by atoms with Crippen LogP contribution in [0.5, 0.6) is 0 Å². The topological polar surface area (TPSA) is 69.4 Å². The predicted octanol–water partition coefficient (Wildman–Crippen LogP) is 3.72. The zero-order chi connectivity index (χ0) is 16.3. The summed E-state index contributed by atoms with van der Waals surface area (Å²) in [6, 6.07) is 6.79. The van der Waals surface area contributed by atoms with E-state index in [0.29, 0.717) is 0 Å². The molecule has 0 unspecified atom stereocenters. The first kappa shape index (κ1) is 15.6. The Morgan fingerprint density at radius 2 is 1.91 bits per heavy atom. The third kappa shape index (κ3) is 2.93. The maximum atomic E-state index is 14.3. The molecule has 0 saturated heterocycles. The lowest BCUT2D eigenvalue weighted by Gasteiger charge is -2.08. The van der Waals surface area contributed by atoms with Crippen molar-refractivity contribution in [1.82, 2.24) is 0 Å². The van der Waals surface area contributed by atoms with Crippen molar-refractivity contribution in [2.45, 2.75) is 6.92 Å². The monoisotopic (exact) mass is 307 g/mol. The summed E-state index contributed by atoms with van der Waals surface area (Å²) in [5.74, 6) is -2.75. The first-order valence-corrected chi connectivity index (χ1v) is 6.35. The Labute approximate surface area is 124 Å². The number of nitro groups is 1. The Balaban J connectivity index is 2.68. The lowest BCUT2D eigenvalue weighted by molar-refractivity contribution is -0.384. The Morgan fingerprint density at radius 3 is 2.50 bits per heavy atom. The number of hydrogen-bond donors (Lipinski definition) is 0. The molecule has 0 aliphatic carbocycles. The second-order valence-electron chi connectivity index (χ2n) is 4.31. The fourth-order valence-electron chi connectivity index (χ4n) is 2.00. The highest BCUT2D eigenvalue weighted by Gasteiger charge is 2.25. The maximum Gasteiger partial charge on any atom is 0.338 e. The smallest absolute Gasteiger partial charge is 0.338 e. The molecule has 0 N–H and O–H groups in total. The summed E-state index contributed by atoms with van der Waals surface area (Å²) in [5, 5.41) is 11.2. The van der Waals surface area contributed by atoms with Gasteiger partial charge in [-0.15, -0.1) is 0 Å². The quantitative estimate of drug-likeness (QED) is 0.490. The number of hydrogen-bond acceptors (Lipinski definition) is 4. The van der Waals surface area contributed by atoms with Gasteiger partial charge in [-0.25, -0.2) is 13.6 Å². The average Bonchev–Trinajstić information content (AvgIpc) is 2.47. The van der Waals surface area contributed by atoms with E-state index in [9.17, 15) is 23.7 Å². The van der Waals surface area contributed by atoms with Gasteiger partial charge >= 0.3 is 5.97 Å². The molecule has 0 heterocycles. The van der Waals surface area contributed by atoms with Gasteiger partial charge in [-0.05, 0) is 19.1 Å². The fraction of sp³-hybridized carbons (Fsp3) is 0.133. The van der Waals surface area contributed by atoms with Gasteiger partial charge in [0.15, 0.2) is 0 Å². The van der Waals surface area contributed by atoms with Crippen LogP contribution in [-0.2, 0) is 4.74 Å². The minimum Gasteiger partial charge on any atom is -0.462 e. The summed E-state index contributed by atoms with van der Waals surface area (Å²) in [5.41, 5.74) is -1.75. The second-order valence-corrected chi connectivity index (χ2v) is 4.31. The molecule has 0 atom stereocenters. The highest BCUT2D eigenvalue weighted by Crippen LogP contribution is 2.35. The van der Waals surface area contributed by atoms with Crippen LogP contribution < -0.4 is 0 Å². The van der Waals surface area contributed by atoms with Gasteiger partial charge in [-0.3, -0.25) is 10.1 Å². The van der Waals surface area contributed by atoms with E-state index in [-0.39, 0.29) is 17.7 Å². The highest BCUT2D eigenvalue weighted by atomic mass is 19.1. The van der Waals surface area contributed by atoms with E-state index in [1.807, 2.05) is 0 Å². The zero-order valence-corrected chi connectivity index (χ0v) is 11.5. The third-order valence-electron chi connectivity index (χ3n) is 2.92. The molecule has 0 bridgehead atoms. The molecule has 0 saturated carbocycles. The van der Waals surface area contributed by atoms with E-state index < -0.39 is 33.8 Å². The van der Waals surface area contributed by atoms with Crippen LogP contribution in [0.4, 0.5) is 14.5 Å². The van der Waals surface area contributed by atoms with Gasteiger partial charge in [0, 0.05) is 11.6 Å². The summed E-state index contributed by atoms with van der Waals surface area (Å²) in [4.78, 5) is 21.9. The van der Waals surface area contributed by atoms with Gasteiger partial charge < -0.3 is 4.74 Å². The number of esters is 1. The summed E-state index contributed by atoms with van der Waals surface area (Å²) in [7, 11) is 0. The van der Waals surface area contributed by atoms with Crippen molar-refractivity contribution in [3.05, 3.63) is 63.7 Å². The molecule has 2 aromatic carbocycles. The Kier molecular flexibility index (Phi) is 4.45. The molecule has 0 aromatic heterocycles. The van der Waals surface area contributed by atoms with Gasteiger partial charge in [0.25, 0.3) is 5.69 Å². The van der Waals surface area contributed by atoms with Crippen molar-refractivity contribution in [1.29, 1.82) is 0 Å². The van der Waals surface area contributed by atoms with Crippen molar-refractivity contribution in [3.63, 3.8) is 0 Å². The molecule has 0 fully saturated rings. The molecule has 0 aliphatic rings. The molecular weight excluding hydrogens is 296 g/mol. The molecule has 7 heteroatoms. The number of carbonyl (C=O) groups is 1. The van der Waals surface area contributed by atoms with Gasteiger partial charge in [0.2, 0.25) is 0 Å². The summed E-state index contributed by atoms with van der Waals surface area (Å²) in [6.45, 7) is 1.60. The van der Waals surface area contributed by atoms with Crippen LogP contribution in [0.1, 0.15) is 17.3 Å². The molecule has 0 radical (unpaired) electrons. The van der Waals surface area contributed by atoms with Crippen molar-refractivity contribution in [2.24, 2.45) is 0 Å². The molecule has 0 aliphatic heterocycles. The van der Waals surface area contributed by atoms with Gasteiger partial charge in [0.05, 0.1) is 22.7 Å². The number of nitro benzene ring substituents is 1. The molecule has 114 valence electrons. The molecular formula is C15H11F2NO4. The SMILES string of the molecule is CCOC(=O)c1cc(F)c(-c2ccccc2F)c([N+](=O)[O-])c1. The van der Waals surface area contributed by atoms with Crippen LogP contribution in [-0.4, -0.2) is 17.5 Å². The van der Waals surface area contributed by atoms with E-state index in [4.69, 9.17) is 0 Å². The lowest BCUT2D eigenvalue weighted by atomic mass is 10.00. The van der Waals surface area contributed by atoms with Gasteiger partial charge in [0.1, 0.15) is 11.6 Å².